The number of aryl methyl sites for hydroxylation is 1. The molecule has 3 heterocycles. The molecule has 7 nitrogen and oxygen atoms in total. The highest BCUT2D eigenvalue weighted by Gasteiger charge is 2.19. The lowest BCUT2D eigenvalue weighted by atomic mass is 10.1. The lowest BCUT2D eigenvalue weighted by Gasteiger charge is -2.12. The molecule has 0 atom stereocenters. The van der Waals surface area contributed by atoms with Crippen LogP contribution in [0.15, 0.2) is 51.7 Å². The van der Waals surface area contributed by atoms with Gasteiger partial charge in [0.15, 0.2) is 17.3 Å². The SMILES string of the molecule is COc1cc(/C=c2\sc3nc(-c4oc5ccccc5c4C)nn3c2=O)ccc1OCCC(C)C. The van der Waals surface area contributed by atoms with Crippen molar-refractivity contribution in [3.05, 3.63) is 68.5 Å². The first-order chi connectivity index (χ1) is 16.4. The standard InChI is InChI=1S/C26H25N3O4S/c1-15(2)11-12-32-20-10-9-17(13-21(20)31-4)14-22-25(30)29-26(34-22)27-24(28-29)23-16(3)18-7-5-6-8-19(18)33-23/h5-10,13-15H,11-12H2,1-4H3/b22-14-. The minimum atomic E-state index is -0.219. The molecule has 0 aliphatic heterocycles. The number of aromatic nitrogens is 3. The van der Waals surface area contributed by atoms with Crippen molar-refractivity contribution in [2.75, 3.05) is 13.7 Å². The monoisotopic (exact) mass is 475 g/mol. The van der Waals surface area contributed by atoms with Gasteiger partial charge in [-0.15, -0.1) is 5.10 Å². The minimum Gasteiger partial charge on any atom is -0.493 e. The third-order valence-electron chi connectivity index (χ3n) is 5.67. The first-order valence-electron chi connectivity index (χ1n) is 11.1. The van der Waals surface area contributed by atoms with E-state index in [2.05, 4.69) is 23.9 Å². The molecule has 8 heteroatoms. The van der Waals surface area contributed by atoms with E-state index >= 15 is 0 Å². The molecule has 0 saturated heterocycles. The molecule has 0 N–H and O–H groups in total. The molecule has 2 aromatic carbocycles. The topological polar surface area (TPSA) is 78.9 Å². The summed E-state index contributed by atoms with van der Waals surface area (Å²) in [5.41, 5.74) is 2.35. The number of para-hydroxylation sites is 1. The van der Waals surface area contributed by atoms with E-state index in [9.17, 15) is 4.79 Å². The van der Waals surface area contributed by atoms with Gasteiger partial charge in [-0.3, -0.25) is 4.79 Å². The van der Waals surface area contributed by atoms with Crippen LogP contribution in [0.1, 0.15) is 31.4 Å². The lowest BCUT2D eigenvalue weighted by molar-refractivity contribution is 0.273. The summed E-state index contributed by atoms with van der Waals surface area (Å²) in [4.78, 5) is 18.1. The summed E-state index contributed by atoms with van der Waals surface area (Å²) in [5, 5.41) is 5.45. The highest BCUT2D eigenvalue weighted by Crippen LogP contribution is 2.31. The Balaban J connectivity index is 1.47. The molecule has 0 fully saturated rings. The van der Waals surface area contributed by atoms with Crippen LogP contribution in [0.5, 0.6) is 11.5 Å². The zero-order valence-corrected chi connectivity index (χ0v) is 20.3. The molecule has 0 bridgehead atoms. The summed E-state index contributed by atoms with van der Waals surface area (Å²) in [6.07, 6.45) is 2.78. The Morgan fingerprint density at radius 1 is 1.18 bits per heavy atom. The summed E-state index contributed by atoms with van der Waals surface area (Å²) < 4.78 is 19.2. The number of furan rings is 1. The molecule has 5 aromatic rings. The number of ether oxygens (including phenoxy) is 2. The van der Waals surface area contributed by atoms with Gasteiger partial charge in [-0.25, -0.2) is 0 Å². The van der Waals surface area contributed by atoms with Gasteiger partial charge in [0.2, 0.25) is 10.8 Å². The number of hydrogen-bond donors (Lipinski definition) is 0. The summed E-state index contributed by atoms with van der Waals surface area (Å²) in [6.45, 7) is 6.92. The highest BCUT2D eigenvalue weighted by molar-refractivity contribution is 7.15. The van der Waals surface area contributed by atoms with E-state index < -0.39 is 0 Å². The Hall–Kier alpha value is -3.65. The van der Waals surface area contributed by atoms with Crippen molar-refractivity contribution in [2.24, 2.45) is 5.92 Å². The first kappa shape index (κ1) is 22.2. The molecular weight excluding hydrogens is 450 g/mol. The van der Waals surface area contributed by atoms with E-state index in [4.69, 9.17) is 13.9 Å². The van der Waals surface area contributed by atoms with Crippen LogP contribution in [0.3, 0.4) is 0 Å². The minimum absolute atomic E-state index is 0.219. The van der Waals surface area contributed by atoms with E-state index in [0.717, 1.165) is 28.5 Å². The van der Waals surface area contributed by atoms with Crippen molar-refractivity contribution in [3.8, 4) is 23.1 Å². The van der Waals surface area contributed by atoms with Crippen LogP contribution in [0, 0.1) is 12.8 Å². The summed E-state index contributed by atoms with van der Waals surface area (Å²) in [6, 6.07) is 13.4. The molecule has 0 saturated carbocycles. The highest BCUT2D eigenvalue weighted by atomic mass is 32.1. The predicted octanol–water partition coefficient (Wildman–Crippen LogP) is 4.85. The van der Waals surface area contributed by atoms with Crippen molar-refractivity contribution >= 4 is 33.3 Å². The van der Waals surface area contributed by atoms with Gasteiger partial charge < -0.3 is 13.9 Å². The first-order valence-corrected chi connectivity index (χ1v) is 12.0. The van der Waals surface area contributed by atoms with Gasteiger partial charge in [-0.1, -0.05) is 49.4 Å². The second-order valence-corrected chi connectivity index (χ2v) is 9.55. The Bertz CT molecular complexity index is 1600. The summed E-state index contributed by atoms with van der Waals surface area (Å²) in [5.74, 6) is 2.88. The predicted molar refractivity (Wildman–Crippen MR) is 134 cm³/mol. The quantitative estimate of drug-likeness (QED) is 0.335. The van der Waals surface area contributed by atoms with Crippen LogP contribution in [-0.2, 0) is 0 Å². The maximum atomic E-state index is 13.0. The van der Waals surface area contributed by atoms with Crippen LogP contribution >= 0.6 is 11.3 Å². The Morgan fingerprint density at radius 2 is 2.00 bits per heavy atom. The molecule has 0 radical (unpaired) electrons. The molecule has 174 valence electrons. The molecule has 0 aliphatic carbocycles. The van der Waals surface area contributed by atoms with E-state index in [0.29, 0.717) is 45.1 Å². The third-order valence-corrected chi connectivity index (χ3v) is 6.63. The number of benzene rings is 2. The molecule has 0 spiro atoms. The van der Waals surface area contributed by atoms with Gasteiger partial charge >= 0.3 is 0 Å². The van der Waals surface area contributed by atoms with Gasteiger partial charge in [-0.05, 0) is 49.1 Å². The number of nitrogens with zero attached hydrogens (tertiary/aromatic N) is 3. The molecule has 0 unspecified atom stereocenters. The Morgan fingerprint density at radius 3 is 2.74 bits per heavy atom. The number of hydrogen-bond acceptors (Lipinski definition) is 7. The van der Waals surface area contributed by atoms with Gasteiger partial charge in [0, 0.05) is 10.9 Å². The zero-order valence-electron chi connectivity index (χ0n) is 19.5. The molecule has 0 amide bonds. The van der Waals surface area contributed by atoms with Gasteiger partial charge in [-0.2, -0.15) is 9.50 Å². The van der Waals surface area contributed by atoms with E-state index in [1.54, 1.807) is 7.11 Å². The Labute approximate surface area is 200 Å². The fourth-order valence-corrected chi connectivity index (χ4v) is 4.67. The number of thiazole rings is 1. The maximum Gasteiger partial charge on any atom is 0.291 e. The average Bonchev–Trinajstić information content (AvgIpc) is 3.47. The molecule has 3 aromatic heterocycles. The lowest BCUT2D eigenvalue weighted by Crippen LogP contribution is -2.23. The average molecular weight is 476 g/mol. The molecule has 0 aliphatic rings. The van der Waals surface area contributed by atoms with Crippen molar-refractivity contribution in [1.29, 1.82) is 0 Å². The largest absolute Gasteiger partial charge is 0.493 e. The normalized spacial score (nSPS) is 12.3. The zero-order chi connectivity index (χ0) is 23.8. The van der Waals surface area contributed by atoms with Crippen molar-refractivity contribution in [1.82, 2.24) is 14.6 Å². The van der Waals surface area contributed by atoms with Crippen molar-refractivity contribution < 1.29 is 13.9 Å². The van der Waals surface area contributed by atoms with E-state index in [-0.39, 0.29) is 5.56 Å². The van der Waals surface area contributed by atoms with Gasteiger partial charge in [0.1, 0.15) is 5.58 Å². The van der Waals surface area contributed by atoms with Crippen LogP contribution < -0.4 is 19.6 Å². The fraction of sp³-hybridized carbons (Fsp3) is 0.269. The second-order valence-electron chi connectivity index (χ2n) is 8.54. The fourth-order valence-electron chi connectivity index (χ4n) is 3.77. The van der Waals surface area contributed by atoms with Gasteiger partial charge in [0.05, 0.1) is 18.2 Å². The maximum absolute atomic E-state index is 13.0. The smallest absolute Gasteiger partial charge is 0.291 e. The van der Waals surface area contributed by atoms with E-state index in [1.807, 2.05) is 55.5 Å². The number of methoxy groups -OCH3 is 1. The summed E-state index contributed by atoms with van der Waals surface area (Å²) in [7, 11) is 1.61. The molecule has 34 heavy (non-hydrogen) atoms. The van der Waals surface area contributed by atoms with Crippen LogP contribution in [-0.4, -0.2) is 28.3 Å². The molecular formula is C26H25N3O4S. The van der Waals surface area contributed by atoms with Crippen LogP contribution in [0.25, 0.3) is 33.6 Å². The van der Waals surface area contributed by atoms with Crippen molar-refractivity contribution in [2.45, 2.75) is 27.2 Å². The van der Waals surface area contributed by atoms with Crippen LogP contribution in [0.2, 0.25) is 0 Å². The van der Waals surface area contributed by atoms with E-state index in [1.165, 1.54) is 15.9 Å². The second kappa shape index (κ2) is 8.95. The molecule has 5 rings (SSSR count). The van der Waals surface area contributed by atoms with Gasteiger partial charge in [0.25, 0.3) is 5.56 Å². The third kappa shape index (κ3) is 4.05. The van der Waals surface area contributed by atoms with Crippen molar-refractivity contribution in [3.63, 3.8) is 0 Å². The number of rotatable bonds is 7. The van der Waals surface area contributed by atoms with Crippen LogP contribution in [0.4, 0.5) is 0 Å². The number of fused-ring (bicyclic) bond motifs is 2. The Kier molecular flexibility index (Phi) is 5.83. The summed E-state index contributed by atoms with van der Waals surface area (Å²) >= 11 is 1.29.